The molecular formula is C23H27N3O5. The van der Waals surface area contributed by atoms with Gasteiger partial charge in [-0.05, 0) is 18.2 Å². The maximum Gasteiger partial charge on any atom is 0.228 e. The minimum atomic E-state index is 0.0717. The van der Waals surface area contributed by atoms with Gasteiger partial charge in [0.05, 0.1) is 27.8 Å². The van der Waals surface area contributed by atoms with Crippen LogP contribution in [0.1, 0.15) is 11.3 Å². The number of para-hydroxylation sites is 1. The summed E-state index contributed by atoms with van der Waals surface area (Å²) in [4.78, 5) is 17.0. The summed E-state index contributed by atoms with van der Waals surface area (Å²) in [6.45, 7) is 3.61. The summed E-state index contributed by atoms with van der Waals surface area (Å²) in [6.07, 6.45) is 0.251. The molecule has 0 saturated carbocycles. The number of carbonyl (C=O) groups is 1. The van der Waals surface area contributed by atoms with E-state index in [0.717, 1.165) is 24.0 Å². The fourth-order valence-electron chi connectivity index (χ4n) is 4.00. The van der Waals surface area contributed by atoms with E-state index in [2.05, 4.69) is 10.1 Å². The van der Waals surface area contributed by atoms with Crippen LogP contribution in [0.3, 0.4) is 0 Å². The molecule has 1 amide bonds. The first-order valence-electron chi connectivity index (χ1n) is 10.3. The molecule has 0 radical (unpaired) electrons. The van der Waals surface area contributed by atoms with Gasteiger partial charge in [0, 0.05) is 43.7 Å². The number of hydrogen-bond acceptors (Lipinski definition) is 7. The van der Waals surface area contributed by atoms with Gasteiger partial charge in [0.15, 0.2) is 17.1 Å². The minimum absolute atomic E-state index is 0.0717. The van der Waals surface area contributed by atoms with E-state index in [1.165, 1.54) is 0 Å². The van der Waals surface area contributed by atoms with Gasteiger partial charge in [-0.2, -0.15) is 0 Å². The molecule has 4 rings (SSSR count). The summed E-state index contributed by atoms with van der Waals surface area (Å²) in [5.41, 5.74) is 2.42. The van der Waals surface area contributed by atoms with Gasteiger partial charge in [-0.25, -0.2) is 0 Å². The molecule has 1 aliphatic rings. The SMILES string of the molecule is COc1ccc(CN2CCN(C(=O)Cc3noc4ccccc34)CC2)c(OC)c1OC. The van der Waals surface area contributed by atoms with Gasteiger partial charge in [0.25, 0.3) is 0 Å². The number of piperazine rings is 1. The second kappa shape index (κ2) is 9.26. The summed E-state index contributed by atoms with van der Waals surface area (Å²) >= 11 is 0. The number of rotatable bonds is 7. The minimum Gasteiger partial charge on any atom is -0.493 e. The van der Waals surface area contributed by atoms with Crippen molar-refractivity contribution < 1.29 is 23.5 Å². The zero-order chi connectivity index (χ0) is 21.8. The van der Waals surface area contributed by atoms with Crippen LogP contribution in [0.5, 0.6) is 17.2 Å². The standard InChI is InChI=1S/C23H27N3O5/c1-28-20-9-8-16(22(29-2)23(20)30-3)15-25-10-12-26(13-11-25)21(27)14-18-17-6-4-5-7-19(17)31-24-18/h4-9H,10-15H2,1-3H3. The van der Waals surface area contributed by atoms with Crippen molar-refractivity contribution in [3.63, 3.8) is 0 Å². The third kappa shape index (κ3) is 4.29. The van der Waals surface area contributed by atoms with Crippen molar-refractivity contribution in [2.75, 3.05) is 47.5 Å². The monoisotopic (exact) mass is 425 g/mol. The molecule has 1 saturated heterocycles. The highest BCUT2D eigenvalue weighted by Gasteiger charge is 2.24. The highest BCUT2D eigenvalue weighted by Crippen LogP contribution is 2.40. The molecule has 0 unspecified atom stereocenters. The molecule has 1 aromatic heterocycles. The number of hydrogen-bond donors (Lipinski definition) is 0. The van der Waals surface area contributed by atoms with E-state index in [0.29, 0.717) is 48.2 Å². The topological polar surface area (TPSA) is 77.3 Å². The highest BCUT2D eigenvalue weighted by atomic mass is 16.5. The van der Waals surface area contributed by atoms with Crippen LogP contribution < -0.4 is 14.2 Å². The third-order valence-corrected chi connectivity index (χ3v) is 5.68. The fraction of sp³-hybridized carbons (Fsp3) is 0.391. The Labute approximate surface area is 181 Å². The van der Waals surface area contributed by atoms with Gasteiger partial charge in [-0.1, -0.05) is 23.4 Å². The molecule has 1 aliphatic heterocycles. The van der Waals surface area contributed by atoms with Crippen LogP contribution in [0, 0.1) is 0 Å². The number of ether oxygens (including phenoxy) is 3. The van der Waals surface area contributed by atoms with Crippen molar-refractivity contribution in [1.29, 1.82) is 0 Å². The summed E-state index contributed by atoms with van der Waals surface area (Å²) in [5.74, 6) is 1.98. The lowest BCUT2D eigenvalue weighted by Crippen LogP contribution is -2.48. The summed E-state index contributed by atoms with van der Waals surface area (Å²) in [5, 5.41) is 4.98. The summed E-state index contributed by atoms with van der Waals surface area (Å²) < 4.78 is 21.8. The number of carbonyl (C=O) groups excluding carboxylic acids is 1. The lowest BCUT2D eigenvalue weighted by atomic mass is 10.1. The van der Waals surface area contributed by atoms with Crippen molar-refractivity contribution in [3.05, 3.63) is 47.7 Å². The highest BCUT2D eigenvalue weighted by molar-refractivity contribution is 5.86. The molecule has 0 atom stereocenters. The van der Waals surface area contributed by atoms with Crippen LogP contribution in [0.25, 0.3) is 11.0 Å². The molecule has 0 spiro atoms. The Kier molecular flexibility index (Phi) is 6.27. The van der Waals surface area contributed by atoms with E-state index in [-0.39, 0.29) is 12.3 Å². The number of nitrogens with zero attached hydrogens (tertiary/aromatic N) is 3. The Bertz CT molecular complexity index is 1060. The van der Waals surface area contributed by atoms with Crippen LogP contribution in [-0.2, 0) is 17.8 Å². The zero-order valence-corrected chi connectivity index (χ0v) is 18.1. The second-order valence-corrected chi connectivity index (χ2v) is 7.45. The number of aromatic nitrogens is 1. The lowest BCUT2D eigenvalue weighted by Gasteiger charge is -2.35. The number of fused-ring (bicyclic) bond motifs is 1. The summed E-state index contributed by atoms with van der Waals surface area (Å²) in [7, 11) is 4.84. The number of benzene rings is 2. The second-order valence-electron chi connectivity index (χ2n) is 7.45. The molecule has 8 nitrogen and oxygen atoms in total. The predicted octanol–water partition coefficient (Wildman–Crippen LogP) is 2.74. The van der Waals surface area contributed by atoms with E-state index in [1.54, 1.807) is 21.3 Å². The van der Waals surface area contributed by atoms with E-state index in [4.69, 9.17) is 18.7 Å². The zero-order valence-electron chi connectivity index (χ0n) is 18.1. The average molecular weight is 425 g/mol. The van der Waals surface area contributed by atoms with Crippen molar-refractivity contribution >= 4 is 16.9 Å². The Morgan fingerprint density at radius 2 is 1.71 bits per heavy atom. The maximum atomic E-state index is 12.8. The molecule has 0 bridgehead atoms. The maximum absolute atomic E-state index is 12.8. The molecule has 1 fully saturated rings. The van der Waals surface area contributed by atoms with Crippen LogP contribution in [0.4, 0.5) is 0 Å². The number of amides is 1. The molecule has 2 aromatic carbocycles. The van der Waals surface area contributed by atoms with Crippen LogP contribution in [0.15, 0.2) is 40.9 Å². The van der Waals surface area contributed by atoms with Crippen molar-refractivity contribution in [3.8, 4) is 17.2 Å². The van der Waals surface area contributed by atoms with Gasteiger partial charge < -0.3 is 23.6 Å². The van der Waals surface area contributed by atoms with Crippen molar-refractivity contribution in [1.82, 2.24) is 15.0 Å². The van der Waals surface area contributed by atoms with Crippen LogP contribution in [-0.4, -0.2) is 68.4 Å². The first kappa shape index (κ1) is 21.0. The van der Waals surface area contributed by atoms with E-state index in [9.17, 15) is 4.79 Å². The Morgan fingerprint density at radius 1 is 0.968 bits per heavy atom. The van der Waals surface area contributed by atoms with Gasteiger partial charge in [-0.3, -0.25) is 9.69 Å². The Balaban J connectivity index is 1.37. The molecule has 0 N–H and O–H groups in total. The molecule has 31 heavy (non-hydrogen) atoms. The van der Waals surface area contributed by atoms with Crippen molar-refractivity contribution in [2.24, 2.45) is 0 Å². The van der Waals surface area contributed by atoms with Gasteiger partial charge >= 0.3 is 0 Å². The first-order valence-corrected chi connectivity index (χ1v) is 10.3. The first-order chi connectivity index (χ1) is 15.1. The average Bonchev–Trinajstić information content (AvgIpc) is 3.21. The fourth-order valence-corrected chi connectivity index (χ4v) is 4.00. The predicted molar refractivity (Wildman–Crippen MR) is 116 cm³/mol. The molecule has 8 heteroatoms. The lowest BCUT2D eigenvalue weighted by molar-refractivity contribution is -0.132. The van der Waals surface area contributed by atoms with Gasteiger partial charge in [0.2, 0.25) is 11.7 Å². The quantitative estimate of drug-likeness (QED) is 0.576. The van der Waals surface area contributed by atoms with Crippen LogP contribution >= 0.6 is 0 Å². The molecule has 164 valence electrons. The van der Waals surface area contributed by atoms with Gasteiger partial charge in [0.1, 0.15) is 5.69 Å². The van der Waals surface area contributed by atoms with Crippen LogP contribution in [0.2, 0.25) is 0 Å². The normalized spacial score (nSPS) is 14.6. The molecular weight excluding hydrogens is 398 g/mol. The van der Waals surface area contributed by atoms with Crippen molar-refractivity contribution in [2.45, 2.75) is 13.0 Å². The van der Waals surface area contributed by atoms with E-state index >= 15 is 0 Å². The molecule has 2 heterocycles. The largest absolute Gasteiger partial charge is 0.493 e. The summed E-state index contributed by atoms with van der Waals surface area (Å²) in [6, 6.07) is 11.5. The third-order valence-electron chi connectivity index (χ3n) is 5.68. The Hall–Kier alpha value is -3.26. The van der Waals surface area contributed by atoms with Gasteiger partial charge in [-0.15, -0.1) is 0 Å². The smallest absolute Gasteiger partial charge is 0.228 e. The van der Waals surface area contributed by atoms with E-state index < -0.39 is 0 Å². The molecule has 3 aromatic rings. The van der Waals surface area contributed by atoms with E-state index in [1.807, 2.05) is 41.3 Å². The Morgan fingerprint density at radius 3 is 2.42 bits per heavy atom. The molecule has 0 aliphatic carbocycles. The number of methoxy groups -OCH3 is 3.